The summed E-state index contributed by atoms with van der Waals surface area (Å²) >= 11 is 14.4. The summed E-state index contributed by atoms with van der Waals surface area (Å²) < 4.78 is 29.1. The molecule has 226 valence electrons. The van der Waals surface area contributed by atoms with Crippen molar-refractivity contribution in [3.8, 4) is 0 Å². The largest absolute Gasteiger partial charge is 0.354 e. The number of hydrogen-bond acceptors (Lipinski definition) is 5. The van der Waals surface area contributed by atoms with Crippen LogP contribution in [0.1, 0.15) is 44.2 Å². The van der Waals surface area contributed by atoms with Crippen LogP contribution in [-0.4, -0.2) is 50.5 Å². The minimum Gasteiger partial charge on any atom is -0.354 e. The van der Waals surface area contributed by atoms with Gasteiger partial charge in [-0.3, -0.25) is 13.9 Å². The van der Waals surface area contributed by atoms with Crippen molar-refractivity contribution in [3.63, 3.8) is 0 Å². The number of aryl methyl sites for hydroxylation is 1. The summed E-state index contributed by atoms with van der Waals surface area (Å²) in [6.45, 7) is 5.59. The van der Waals surface area contributed by atoms with Gasteiger partial charge in [0, 0.05) is 33.6 Å². The Morgan fingerprint density at radius 1 is 0.952 bits per heavy atom. The smallest absolute Gasteiger partial charge is 0.264 e. The van der Waals surface area contributed by atoms with Crippen LogP contribution in [0.3, 0.4) is 0 Å². The van der Waals surface area contributed by atoms with Crippen LogP contribution in [-0.2, 0) is 26.2 Å². The topological polar surface area (TPSA) is 86.8 Å². The summed E-state index contributed by atoms with van der Waals surface area (Å²) in [5, 5.41) is 3.60. The van der Waals surface area contributed by atoms with Gasteiger partial charge in [-0.2, -0.15) is 0 Å². The normalized spacial score (nSPS) is 12.0. The molecule has 3 aromatic rings. The zero-order valence-corrected chi connectivity index (χ0v) is 27.4. The van der Waals surface area contributed by atoms with Gasteiger partial charge in [-0.05, 0) is 74.6 Å². The van der Waals surface area contributed by atoms with E-state index in [-0.39, 0.29) is 17.3 Å². The van der Waals surface area contributed by atoms with Gasteiger partial charge >= 0.3 is 0 Å². The fraction of sp³-hybridized carbons (Fsp3) is 0.355. The Balaban J connectivity index is 2.07. The lowest BCUT2D eigenvalue weighted by Gasteiger charge is -2.33. The summed E-state index contributed by atoms with van der Waals surface area (Å²) in [4.78, 5) is 29.8. The molecule has 0 aromatic heterocycles. The number of amides is 2. The van der Waals surface area contributed by atoms with E-state index < -0.39 is 28.5 Å². The predicted octanol–water partition coefficient (Wildman–Crippen LogP) is 6.94. The molecular weight excluding hydrogens is 613 g/mol. The van der Waals surface area contributed by atoms with Crippen LogP contribution in [0.4, 0.5) is 5.69 Å². The van der Waals surface area contributed by atoms with Gasteiger partial charge in [0.2, 0.25) is 11.8 Å². The highest BCUT2D eigenvalue weighted by atomic mass is 35.5. The van der Waals surface area contributed by atoms with E-state index in [0.717, 1.165) is 27.6 Å². The van der Waals surface area contributed by atoms with E-state index in [1.54, 1.807) is 61.5 Å². The van der Waals surface area contributed by atoms with E-state index in [9.17, 15) is 18.0 Å². The van der Waals surface area contributed by atoms with Gasteiger partial charge in [-0.1, -0.05) is 67.2 Å². The van der Waals surface area contributed by atoms with Gasteiger partial charge in [0.05, 0.1) is 10.6 Å². The van der Waals surface area contributed by atoms with Crippen LogP contribution in [0, 0.1) is 6.92 Å². The molecule has 0 bridgehead atoms. The molecule has 3 aromatic carbocycles. The first-order chi connectivity index (χ1) is 20.0. The van der Waals surface area contributed by atoms with Gasteiger partial charge in [0.25, 0.3) is 10.0 Å². The maximum absolute atomic E-state index is 14.2. The lowest BCUT2D eigenvalue weighted by molar-refractivity contribution is -0.140. The Bertz CT molecular complexity index is 1450. The average Bonchev–Trinajstić information content (AvgIpc) is 2.97. The third kappa shape index (κ3) is 8.43. The van der Waals surface area contributed by atoms with Crippen molar-refractivity contribution in [3.05, 3.63) is 87.9 Å². The number of nitrogens with one attached hydrogen (secondary N) is 1. The minimum atomic E-state index is -4.16. The SMILES string of the molecule is CCCCNC(=O)[C@@H](CC)N(Cc1c(Cl)cccc1Cl)C(=O)CN(c1ccc(C)cc1)S(=O)(=O)c1ccc(SC)cc1. The molecule has 0 unspecified atom stereocenters. The van der Waals surface area contributed by atoms with Crippen LogP contribution in [0.5, 0.6) is 0 Å². The molecule has 11 heteroatoms. The van der Waals surface area contributed by atoms with E-state index in [1.807, 2.05) is 20.1 Å². The number of anilines is 1. The van der Waals surface area contributed by atoms with Crippen molar-refractivity contribution in [1.82, 2.24) is 10.2 Å². The highest BCUT2D eigenvalue weighted by Gasteiger charge is 2.34. The minimum absolute atomic E-state index is 0.0544. The Morgan fingerprint density at radius 3 is 2.12 bits per heavy atom. The molecule has 1 atom stereocenters. The maximum atomic E-state index is 14.2. The standard InChI is InChI=1S/C31H37Cl2N3O4S2/c1-5-7-19-34-31(38)29(6-2)35(20-26-27(32)9-8-10-28(26)33)30(37)21-36(23-13-11-22(3)12-14-23)42(39,40)25-17-15-24(41-4)16-18-25/h8-18,29H,5-7,19-21H2,1-4H3,(H,34,38)/t29-/m1/s1. The molecule has 0 aliphatic rings. The summed E-state index contributed by atoms with van der Waals surface area (Å²) in [6.07, 6.45) is 3.90. The Kier molecular flexibility index (Phi) is 12.6. The first kappa shape index (κ1) is 33.8. The molecule has 0 aliphatic carbocycles. The number of unbranched alkanes of at least 4 members (excludes halogenated alkanes) is 1. The zero-order chi connectivity index (χ0) is 30.9. The fourth-order valence-corrected chi connectivity index (χ4v) is 6.73. The second kappa shape index (κ2) is 15.7. The molecule has 0 aliphatic heterocycles. The lowest BCUT2D eigenvalue weighted by Crippen LogP contribution is -2.52. The number of rotatable bonds is 14. The van der Waals surface area contributed by atoms with Crippen LogP contribution in [0.2, 0.25) is 10.0 Å². The van der Waals surface area contributed by atoms with E-state index in [1.165, 1.54) is 28.8 Å². The van der Waals surface area contributed by atoms with Crippen molar-refractivity contribution in [2.45, 2.75) is 62.4 Å². The lowest BCUT2D eigenvalue weighted by atomic mass is 10.1. The van der Waals surface area contributed by atoms with Gasteiger partial charge < -0.3 is 10.2 Å². The Labute approximate surface area is 263 Å². The summed E-state index contributed by atoms with van der Waals surface area (Å²) in [7, 11) is -4.16. The summed E-state index contributed by atoms with van der Waals surface area (Å²) in [6, 6.07) is 17.6. The monoisotopic (exact) mass is 649 g/mol. The van der Waals surface area contributed by atoms with Crippen molar-refractivity contribution < 1.29 is 18.0 Å². The number of halogens is 2. The van der Waals surface area contributed by atoms with Gasteiger partial charge in [-0.25, -0.2) is 8.42 Å². The second-order valence-corrected chi connectivity index (χ2v) is 13.4. The summed E-state index contributed by atoms with van der Waals surface area (Å²) in [5.41, 5.74) is 1.75. The van der Waals surface area contributed by atoms with E-state index >= 15 is 0 Å². The molecule has 0 radical (unpaired) electrons. The number of nitrogens with zero attached hydrogens (tertiary/aromatic N) is 2. The van der Waals surface area contributed by atoms with Gasteiger partial charge in [0.15, 0.2) is 0 Å². The number of hydrogen-bond donors (Lipinski definition) is 1. The fourth-order valence-electron chi connectivity index (χ4n) is 4.39. The number of sulfonamides is 1. The third-order valence-electron chi connectivity index (χ3n) is 6.85. The summed E-state index contributed by atoms with van der Waals surface area (Å²) in [5.74, 6) is -0.881. The second-order valence-electron chi connectivity index (χ2n) is 9.81. The molecule has 2 amide bonds. The highest BCUT2D eigenvalue weighted by molar-refractivity contribution is 7.98. The zero-order valence-electron chi connectivity index (χ0n) is 24.3. The molecule has 3 rings (SSSR count). The predicted molar refractivity (Wildman–Crippen MR) is 173 cm³/mol. The van der Waals surface area contributed by atoms with Crippen LogP contribution in [0.15, 0.2) is 76.5 Å². The van der Waals surface area contributed by atoms with Crippen molar-refractivity contribution in [2.24, 2.45) is 0 Å². The number of carbonyl (C=O) groups is 2. The number of thioether (sulfide) groups is 1. The molecule has 7 nitrogen and oxygen atoms in total. The van der Waals surface area contributed by atoms with Gasteiger partial charge in [-0.15, -0.1) is 11.8 Å². The van der Waals surface area contributed by atoms with Crippen LogP contribution < -0.4 is 9.62 Å². The highest BCUT2D eigenvalue weighted by Crippen LogP contribution is 2.29. The van der Waals surface area contributed by atoms with Crippen LogP contribution in [0.25, 0.3) is 0 Å². The van der Waals surface area contributed by atoms with Crippen molar-refractivity contribution in [1.29, 1.82) is 0 Å². The van der Waals surface area contributed by atoms with E-state index in [2.05, 4.69) is 5.32 Å². The van der Waals surface area contributed by atoms with Gasteiger partial charge in [0.1, 0.15) is 12.6 Å². The number of carbonyl (C=O) groups excluding carboxylic acids is 2. The maximum Gasteiger partial charge on any atom is 0.264 e. The van der Waals surface area contributed by atoms with E-state index in [0.29, 0.717) is 34.3 Å². The van der Waals surface area contributed by atoms with Crippen molar-refractivity contribution in [2.75, 3.05) is 23.7 Å². The first-order valence-electron chi connectivity index (χ1n) is 13.8. The molecule has 0 fully saturated rings. The Hall–Kier alpha value is -2.72. The molecule has 0 saturated carbocycles. The number of benzene rings is 3. The molecule has 1 N–H and O–H groups in total. The quantitative estimate of drug-likeness (QED) is 0.151. The molecule has 42 heavy (non-hydrogen) atoms. The molecule has 0 saturated heterocycles. The molecule has 0 heterocycles. The van der Waals surface area contributed by atoms with Crippen LogP contribution >= 0.6 is 35.0 Å². The van der Waals surface area contributed by atoms with E-state index in [4.69, 9.17) is 23.2 Å². The first-order valence-corrected chi connectivity index (χ1v) is 17.2. The Morgan fingerprint density at radius 2 is 1.57 bits per heavy atom. The third-order valence-corrected chi connectivity index (χ3v) is 10.1. The average molecular weight is 651 g/mol. The molecular formula is C31H37Cl2N3O4S2. The van der Waals surface area contributed by atoms with Crippen molar-refractivity contribution >= 4 is 62.5 Å². The molecule has 0 spiro atoms.